The second kappa shape index (κ2) is 5.43. The van der Waals surface area contributed by atoms with Crippen LogP contribution in [0.15, 0.2) is 24.3 Å². The molecule has 0 spiro atoms. The fourth-order valence-corrected chi connectivity index (χ4v) is 2.62. The summed E-state index contributed by atoms with van der Waals surface area (Å²) in [6, 6.07) is 7.96. The molecular formula is C16H21ClN4. The molecule has 112 valence electrons. The Bertz CT molecular complexity index is 626. The summed E-state index contributed by atoms with van der Waals surface area (Å²) in [5, 5.41) is 13.0. The number of nitrogens with zero attached hydrogens (tertiary/aromatic N) is 3. The van der Waals surface area contributed by atoms with Crippen molar-refractivity contribution < 1.29 is 0 Å². The summed E-state index contributed by atoms with van der Waals surface area (Å²) < 4.78 is 2.13. The van der Waals surface area contributed by atoms with E-state index in [-0.39, 0.29) is 5.54 Å². The Hall–Kier alpha value is -1.39. The van der Waals surface area contributed by atoms with Crippen LogP contribution in [0.1, 0.15) is 49.8 Å². The molecule has 0 atom stereocenters. The van der Waals surface area contributed by atoms with Gasteiger partial charge in [-0.1, -0.05) is 23.7 Å². The largest absolute Gasteiger partial charge is 0.317 e. The SMILES string of the molecule is Cn1c(CNC(C)(C)c2ccc(Cl)cc2)nnc1C1CC1. The molecule has 0 unspecified atom stereocenters. The van der Waals surface area contributed by atoms with Gasteiger partial charge in [0, 0.05) is 23.5 Å². The van der Waals surface area contributed by atoms with Crippen molar-refractivity contribution in [1.82, 2.24) is 20.1 Å². The molecule has 1 heterocycles. The number of halogens is 1. The van der Waals surface area contributed by atoms with Crippen LogP contribution in [0.5, 0.6) is 0 Å². The molecule has 5 heteroatoms. The Balaban J connectivity index is 1.69. The van der Waals surface area contributed by atoms with Crippen LogP contribution in [-0.4, -0.2) is 14.8 Å². The standard InChI is InChI=1S/C16H21ClN4/c1-16(2,12-6-8-13(17)9-7-12)18-10-14-19-20-15(21(14)3)11-4-5-11/h6-9,11,18H,4-5,10H2,1-3H3. The summed E-state index contributed by atoms with van der Waals surface area (Å²) in [4.78, 5) is 0. The second-order valence-corrected chi connectivity index (χ2v) is 6.73. The first-order valence-corrected chi connectivity index (χ1v) is 7.74. The monoisotopic (exact) mass is 304 g/mol. The molecule has 21 heavy (non-hydrogen) atoms. The number of nitrogens with one attached hydrogen (secondary N) is 1. The van der Waals surface area contributed by atoms with Gasteiger partial charge >= 0.3 is 0 Å². The molecule has 2 aromatic rings. The number of aromatic nitrogens is 3. The fraction of sp³-hybridized carbons (Fsp3) is 0.500. The summed E-state index contributed by atoms with van der Waals surface area (Å²) >= 11 is 5.95. The van der Waals surface area contributed by atoms with E-state index < -0.39 is 0 Å². The van der Waals surface area contributed by atoms with E-state index in [0.29, 0.717) is 12.5 Å². The van der Waals surface area contributed by atoms with Crippen LogP contribution in [0, 0.1) is 0 Å². The lowest BCUT2D eigenvalue weighted by Gasteiger charge is -2.27. The van der Waals surface area contributed by atoms with Gasteiger partial charge in [0.2, 0.25) is 0 Å². The average Bonchev–Trinajstić information content (AvgIpc) is 3.22. The molecule has 3 rings (SSSR count). The zero-order valence-electron chi connectivity index (χ0n) is 12.7. The van der Waals surface area contributed by atoms with Crippen molar-refractivity contribution in [2.45, 2.75) is 44.7 Å². The maximum absolute atomic E-state index is 5.95. The molecule has 1 saturated carbocycles. The first kappa shape index (κ1) is 14.5. The van der Waals surface area contributed by atoms with Gasteiger partial charge in [0.05, 0.1) is 6.54 Å². The molecule has 0 saturated heterocycles. The van der Waals surface area contributed by atoms with Gasteiger partial charge in [-0.15, -0.1) is 10.2 Å². The van der Waals surface area contributed by atoms with E-state index >= 15 is 0 Å². The van der Waals surface area contributed by atoms with Crippen LogP contribution in [0.4, 0.5) is 0 Å². The smallest absolute Gasteiger partial charge is 0.146 e. The van der Waals surface area contributed by atoms with Crippen LogP contribution in [0.2, 0.25) is 5.02 Å². The third-order valence-electron chi connectivity index (χ3n) is 4.20. The van der Waals surface area contributed by atoms with Gasteiger partial charge in [-0.3, -0.25) is 0 Å². The van der Waals surface area contributed by atoms with Gasteiger partial charge in [-0.2, -0.15) is 0 Å². The average molecular weight is 305 g/mol. The number of rotatable bonds is 5. The quantitative estimate of drug-likeness (QED) is 0.921. The molecular weight excluding hydrogens is 284 g/mol. The van der Waals surface area contributed by atoms with Crippen molar-refractivity contribution in [3.63, 3.8) is 0 Å². The maximum atomic E-state index is 5.95. The number of hydrogen-bond donors (Lipinski definition) is 1. The van der Waals surface area contributed by atoms with E-state index in [0.717, 1.165) is 16.7 Å². The van der Waals surface area contributed by atoms with Crippen LogP contribution in [0.25, 0.3) is 0 Å². The van der Waals surface area contributed by atoms with E-state index in [1.54, 1.807) is 0 Å². The Morgan fingerprint density at radius 3 is 2.52 bits per heavy atom. The predicted octanol–water partition coefficient (Wildman–Crippen LogP) is 3.37. The minimum absolute atomic E-state index is 0.143. The van der Waals surface area contributed by atoms with Crippen molar-refractivity contribution in [2.75, 3.05) is 0 Å². The predicted molar refractivity (Wildman–Crippen MR) is 84.3 cm³/mol. The van der Waals surface area contributed by atoms with Crippen molar-refractivity contribution in [3.05, 3.63) is 46.5 Å². The van der Waals surface area contributed by atoms with E-state index in [1.165, 1.54) is 18.4 Å². The molecule has 1 aliphatic carbocycles. The lowest BCUT2D eigenvalue weighted by molar-refractivity contribution is 0.391. The highest BCUT2D eigenvalue weighted by molar-refractivity contribution is 6.30. The van der Waals surface area contributed by atoms with E-state index in [1.807, 2.05) is 12.1 Å². The highest BCUT2D eigenvalue weighted by Crippen LogP contribution is 2.38. The summed E-state index contributed by atoms with van der Waals surface area (Å²) in [5.41, 5.74) is 1.06. The Kier molecular flexibility index (Phi) is 3.76. The maximum Gasteiger partial charge on any atom is 0.146 e. The zero-order valence-corrected chi connectivity index (χ0v) is 13.5. The molecule has 1 aromatic heterocycles. The third kappa shape index (κ3) is 3.11. The van der Waals surface area contributed by atoms with Gasteiger partial charge in [0.1, 0.15) is 11.6 Å². The van der Waals surface area contributed by atoms with Crippen molar-refractivity contribution in [3.8, 4) is 0 Å². The van der Waals surface area contributed by atoms with Crippen LogP contribution in [0.3, 0.4) is 0 Å². The molecule has 0 radical (unpaired) electrons. The zero-order chi connectivity index (χ0) is 15.0. The first-order valence-electron chi connectivity index (χ1n) is 7.36. The van der Waals surface area contributed by atoms with Crippen LogP contribution < -0.4 is 5.32 Å². The molecule has 1 N–H and O–H groups in total. The normalized spacial score (nSPS) is 15.4. The highest BCUT2D eigenvalue weighted by atomic mass is 35.5. The lowest BCUT2D eigenvalue weighted by atomic mass is 9.94. The van der Waals surface area contributed by atoms with Crippen molar-refractivity contribution in [2.24, 2.45) is 7.05 Å². The summed E-state index contributed by atoms with van der Waals surface area (Å²) in [6.07, 6.45) is 2.49. The molecule has 1 aromatic carbocycles. The van der Waals surface area contributed by atoms with Crippen LogP contribution in [-0.2, 0) is 19.1 Å². The van der Waals surface area contributed by atoms with E-state index in [4.69, 9.17) is 11.6 Å². The van der Waals surface area contributed by atoms with Gasteiger partial charge < -0.3 is 9.88 Å². The van der Waals surface area contributed by atoms with Gasteiger partial charge in [0.25, 0.3) is 0 Å². The molecule has 1 aliphatic rings. The van der Waals surface area contributed by atoms with Crippen molar-refractivity contribution >= 4 is 11.6 Å². The first-order chi connectivity index (χ1) is 9.97. The molecule has 1 fully saturated rings. The lowest BCUT2D eigenvalue weighted by Crippen LogP contribution is -2.36. The second-order valence-electron chi connectivity index (χ2n) is 6.29. The van der Waals surface area contributed by atoms with Gasteiger partial charge in [0.15, 0.2) is 0 Å². The van der Waals surface area contributed by atoms with E-state index in [9.17, 15) is 0 Å². The minimum atomic E-state index is -0.143. The minimum Gasteiger partial charge on any atom is -0.317 e. The molecule has 4 nitrogen and oxygen atoms in total. The van der Waals surface area contributed by atoms with Gasteiger partial charge in [-0.25, -0.2) is 0 Å². The van der Waals surface area contributed by atoms with Crippen LogP contribution >= 0.6 is 11.6 Å². The summed E-state index contributed by atoms with van der Waals surface area (Å²) in [7, 11) is 2.06. The molecule has 0 bridgehead atoms. The van der Waals surface area contributed by atoms with Crippen molar-refractivity contribution in [1.29, 1.82) is 0 Å². The molecule has 0 amide bonds. The third-order valence-corrected chi connectivity index (χ3v) is 4.45. The van der Waals surface area contributed by atoms with Gasteiger partial charge in [-0.05, 0) is 44.4 Å². The Morgan fingerprint density at radius 1 is 1.24 bits per heavy atom. The fourth-order valence-electron chi connectivity index (χ4n) is 2.49. The number of benzene rings is 1. The van der Waals surface area contributed by atoms with E-state index in [2.05, 4.69) is 53.1 Å². The highest BCUT2D eigenvalue weighted by Gasteiger charge is 2.29. The topological polar surface area (TPSA) is 42.7 Å². The Labute approximate surface area is 130 Å². The summed E-state index contributed by atoms with van der Waals surface area (Å²) in [5.74, 6) is 2.73. The molecule has 0 aliphatic heterocycles. The number of hydrogen-bond acceptors (Lipinski definition) is 3. The summed E-state index contributed by atoms with van der Waals surface area (Å²) in [6.45, 7) is 5.02. The Morgan fingerprint density at radius 2 is 1.90 bits per heavy atom.